The summed E-state index contributed by atoms with van der Waals surface area (Å²) < 4.78 is 28.0. The highest BCUT2D eigenvalue weighted by Gasteiger charge is 2.24. The van der Waals surface area contributed by atoms with Crippen LogP contribution in [0.4, 0.5) is 0 Å². The third-order valence-corrected chi connectivity index (χ3v) is 5.29. The molecule has 1 aliphatic heterocycles. The zero-order valence-electron chi connectivity index (χ0n) is 11.8. The van der Waals surface area contributed by atoms with Crippen molar-refractivity contribution in [1.29, 1.82) is 0 Å². The molecule has 0 saturated carbocycles. The van der Waals surface area contributed by atoms with Gasteiger partial charge in [-0.2, -0.15) is 0 Å². The summed E-state index contributed by atoms with van der Waals surface area (Å²) in [5.74, 6) is 1.19. The highest BCUT2D eigenvalue weighted by molar-refractivity contribution is 7.91. The van der Waals surface area contributed by atoms with Gasteiger partial charge in [-0.1, -0.05) is 6.92 Å². The lowest BCUT2D eigenvalue weighted by molar-refractivity contribution is 0.0916. The highest BCUT2D eigenvalue weighted by atomic mass is 32.2. The molecule has 0 aliphatic carbocycles. The second-order valence-corrected chi connectivity index (χ2v) is 7.48. The van der Waals surface area contributed by atoms with Crippen molar-refractivity contribution in [3.8, 4) is 0 Å². The van der Waals surface area contributed by atoms with Crippen LogP contribution < -0.4 is 5.32 Å². The van der Waals surface area contributed by atoms with Crippen molar-refractivity contribution in [2.24, 2.45) is 5.92 Å². The molecule has 112 valence electrons. The molecule has 6 nitrogen and oxygen atoms in total. The van der Waals surface area contributed by atoms with Crippen LogP contribution in [0.2, 0.25) is 0 Å². The standard InChI is InChI=1S/C13H20N2O4S/c1-3-11-15-9(2)12(19-11)13(16)14-8-10-4-6-20(17,18)7-5-10/h10H,3-8H2,1-2H3,(H,14,16). The predicted octanol–water partition coefficient (Wildman–Crippen LogP) is 1.10. The number of nitrogens with one attached hydrogen (secondary N) is 1. The minimum atomic E-state index is -2.85. The van der Waals surface area contributed by atoms with Crippen molar-refractivity contribution < 1.29 is 17.6 Å². The molecule has 0 bridgehead atoms. The van der Waals surface area contributed by atoms with Crippen LogP contribution in [0.25, 0.3) is 0 Å². The molecule has 20 heavy (non-hydrogen) atoms. The number of oxazole rings is 1. The molecule has 2 heterocycles. The third kappa shape index (κ3) is 3.59. The molecular weight excluding hydrogens is 280 g/mol. The van der Waals surface area contributed by atoms with Crippen molar-refractivity contribution >= 4 is 15.7 Å². The summed E-state index contributed by atoms with van der Waals surface area (Å²) in [6, 6.07) is 0. The van der Waals surface area contributed by atoms with Crippen LogP contribution in [0.15, 0.2) is 4.42 Å². The Labute approximate surface area is 118 Å². The van der Waals surface area contributed by atoms with Gasteiger partial charge in [0.25, 0.3) is 5.91 Å². The first kappa shape index (κ1) is 15.0. The number of amides is 1. The lowest BCUT2D eigenvalue weighted by Crippen LogP contribution is -2.34. The summed E-state index contributed by atoms with van der Waals surface area (Å²) in [5.41, 5.74) is 0.588. The molecule has 1 aromatic heterocycles. The summed E-state index contributed by atoms with van der Waals surface area (Å²) in [7, 11) is -2.85. The molecule has 1 N–H and O–H groups in total. The smallest absolute Gasteiger partial charge is 0.289 e. The summed E-state index contributed by atoms with van der Waals surface area (Å²) in [6.07, 6.45) is 1.87. The van der Waals surface area contributed by atoms with E-state index in [2.05, 4.69) is 10.3 Å². The van der Waals surface area contributed by atoms with E-state index in [1.165, 1.54) is 0 Å². The van der Waals surface area contributed by atoms with Gasteiger partial charge in [0, 0.05) is 13.0 Å². The number of sulfone groups is 1. The molecule has 1 saturated heterocycles. The van der Waals surface area contributed by atoms with Crippen LogP contribution in [-0.2, 0) is 16.3 Å². The second kappa shape index (κ2) is 5.95. The normalized spacial score (nSPS) is 18.9. The molecule has 0 aromatic carbocycles. The Morgan fingerprint density at radius 1 is 1.40 bits per heavy atom. The molecule has 1 aliphatic rings. The maximum absolute atomic E-state index is 12.0. The fraction of sp³-hybridized carbons (Fsp3) is 0.692. The van der Waals surface area contributed by atoms with E-state index in [0.717, 1.165) is 0 Å². The summed E-state index contributed by atoms with van der Waals surface area (Å²) in [5, 5.41) is 2.81. The number of carbonyl (C=O) groups is 1. The van der Waals surface area contributed by atoms with Crippen LogP contribution in [0.1, 0.15) is 41.9 Å². The van der Waals surface area contributed by atoms with Gasteiger partial charge in [-0.15, -0.1) is 0 Å². The van der Waals surface area contributed by atoms with E-state index in [-0.39, 0.29) is 29.1 Å². The van der Waals surface area contributed by atoms with Crippen molar-refractivity contribution in [3.63, 3.8) is 0 Å². The fourth-order valence-corrected chi connectivity index (χ4v) is 3.86. The lowest BCUT2D eigenvalue weighted by Gasteiger charge is -2.21. The second-order valence-electron chi connectivity index (χ2n) is 5.18. The van der Waals surface area contributed by atoms with Gasteiger partial charge in [0.15, 0.2) is 5.89 Å². The van der Waals surface area contributed by atoms with Crippen LogP contribution in [0.5, 0.6) is 0 Å². The van der Waals surface area contributed by atoms with Gasteiger partial charge in [-0.05, 0) is 25.7 Å². The van der Waals surface area contributed by atoms with Gasteiger partial charge >= 0.3 is 0 Å². The number of aryl methyl sites for hydroxylation is 2. The van der Waals surface area contributed by atoms with E-state index >= 15 is 0 Å². The van der Waals surface area contributed by atoms with Gasteiger partial charge in [-0.3, -0.25) is 4.79 Å². The van der Waals surface area contributed by atoms with E-state index in [1.54, 1.807) is 6.92 Å². The number of rotatable bonds is 4. The number of nitrogens with zero attached hydrogens (tertiary/aromatic N) is 1. The number of hydrogen-bond acceptors (Lipinski definition) is 5. The largest absolute Gasteiger partial charge is 0.435 e. The molecule has 2 rings (SSSR count). The highest BCUT2D eigenvalue weighted by Crippen LogP contribution is 2.18. The van der Waals surface area contributed by atoms with Crippen LogP contribution >= 0.6 is 0 Å². The topological polar surface area (TPSA) is 89.3 Å². The van der Waals surface area contributed by atoms with E-state index in [4.69, 9.17) is 4.42 Å². The number of aromatic nitrogens is 1. The van der Waals surface area contributed by atoms with E-state index < -0.39 is 9.84 Å². The maximum atomic E-state index is 12.0. The van der Waals surface area contributed by atoms with Crippen LogP contribution in [0.3, 0.4) is 0 Å². The Bertz CT molecular complexity index is 578. The quantitative estimate of drug-likeness (QED) is 0.899. The predicted molar refractivity (Wildman–Crippen MR) is 74.3 cm³/mol. The molecule has 0 spiro atoms. The first-order chi connectivity index (χ1) is 9.41. The first-order valence-electron chi connectivity index (χ1n) is 6.86. The van der Waals surface area contributed by atoms with E-state index in [9.17, 15) is 13.2 Å². The maximum Gasteiger partial charge on any atom is 0.289 e. The lowest BCUT2D eigenvalue weighted by atomic mass is 10.0. The summed E-state index contributed by atoms with van der Waals surface area (Å²) in [6.45, 7) is 4.14. The Hall–Kier alpha value is -1.37. The third-order valence-electron chi connectivity index (χ3n) is 3.58. The van der Waals surface area contributed by atoms with Gasteiger partial charge in [0.05, 0.1) is 17.2 Å². The first-order valence-corrected chi connectivity index (χ1v) is 8.68. The minimum absolute atomic E-state index is 0.217. The Morgan fingerprint density at radius 2 is 2.05 bits per heavy atom. The Kier molecular flexibility index (Phi) is 4.47. The zero-order chi connectivity index (χ0) is 14.8. The molecule has 7 heteroatoms. The molecular formula is C13H20N2O4S. The molecule has 0 radical (unpaired) electrons. The van der Waals surface area contributed by atoms with Crippen LogP contribution in [-0.4, -0.2) is 37.4 Å². The van der Waals surface area contributed by atoms with Crippen molar-refractivity contribution in [1.82, 2.24) is 10.3 Å². The Balaban J connectivity index is 1.88. The monoisotopic (exact) mass is 300 g/mol. The molecule has 1 fully saturated rings. The molecule has 0 unspecified atom stereocenters. The van der Waals surface area contributed by atoms with Gasteiger partial charge in [-0.25, -0.2) is 13.4 Å². The van der Waals surface area contributed by atoms with Gasteiger partial charge in [0.1, 0.15) is 9.84 Å². The average molecular weight is 300 g/mol. The number of hydrogen-bond donors (Lipinski definition) is 1. The van der Waals surface area contributed by atoms with Crippen molar-refractivity contribution in [2.45, 2.75) is 33.1 Å². The van der Waals surface area contributed by atoms with Crippen molar-refractivity contribution in [3.05, 3.63) is 17.3 Å². The molecule has 1 amide bonds. The SMILES string of the molecule is CCc1nc(C)c(C(=O)NCC2CCS(=O)(=O)CC2)o1. The van der Waals surface area contributed by atoms with Gasteiger partial charge in [0.2, 0.25) is 5.76 Å². The molecule has 1 aromatic rings. The average Bonchev–Trinajstić information content (AvgIpc) is 2.78. The number of carbonyl (C=O) groups excluding carboxylic acids is 1. The van der Waals surface area contributed by atoms with E-state index in [0.29, 0.717) is 37.4 Å². The van der Waals surface area contributed by atoms with Gasteiger partial charge < -0.3 is 9.73 Å². The fourth-order valence-electron chi connectivity index (χ4n) is 2.27. The summed E-state index contributed by atoms with van der Waals surface area (Å²) >= 11 is 0. The zero-order valence-corrected chi connectivity index (χ0v) is 12.6. The summed E-state index contributed by atoms with van der Waals surface area (Å²) in [4.78, 5) is 16.2. The Morgan fingerprint density at radius 3 is 2.60 bits per heavy atom. The van der Waals surface area contributed by atoms with Crippen LogP contribution in [0, 0.1) is 12.8 Å². The van der Waals surface area contributed by atoms with Crippen molar-refractivity contribution in [2.75, 3.05) is 18.1 Å². The van der Waals surface area contributed by atoms with E-state index in [1.807, 2.05) is 6.92 Å². The molecule has 0 atom stereocenters. The minimum Gasteiger partial charge on any atom is -0.435 e.